The van der Waals surface area contributed by atoms with Crippen molar-refractivity contribution in [3.05, 3.63) is 60.2 Å². The normalized spacial score (nSPS) is 11.3. The van der Waals surface area contributed by atoms with Crippen molar-refractivity contribution in [1.29, 1.82) is 0 Å². The van der Waals surface area contributed by atoms with Gasteiger partial charge in [-0.15, -0.1) is 0 Å². The van der Waals surface area contributed by atoms with E-state index in [0.717, 1.165) is 11.4 Å². The lowest BCUT2D eigenvalue weighted by molar-refractivity contribution is -0.146. The lowest BCUT2D eigenvalue weighted by Gasteiger charge is -2.19. The highest BCUT2D eigenvalue weighted by atomic mass is 16.4. The minimum atomic E-state index is -1.20. The number of amides is 1. The molecule has 8 nitrogen and oxygen atoms in total. The highest BCUT2D eigenvalue weighted by molar-refractivity contribution is 6.04. The molecule has 0 fully saturated rings. The quantitative estimate of drug-likeness (QED) is 0.733. The predicted molar refractivity (Wildman–Crippen MR) is 95.4 cm³/mol. The van der Waals surface area contributed by atoms with E-state index in [2.05, 4.69) is 15.5 Å². The van der Waals surface area contributed by atoms with Gasteiger partial charge in [0.1, 0.15) is 0 Å². The second kappa shape index (κ2) is 6.47. The molecule has 2 aromatic heterocycles. The summed E-state index contributed by atoms with van der Waals surface area (Å²) in [6.07, 6.45) is 4.76. The summed E-state index contributed by atoms with van der Waals surface area (Å²) in [6, 6.07) is 8.91. The van der Waals surface area contributed by atoms with Gasteiger partial charge >= 0.3 is 5.97 Å². The Labute approximate surface area is 150 Å². The van der Waals surface area contributed by atoms with Crippen molar-refractivity contribution in [3.8, 4) is 5.69 Å². The Balaban J connectivity index is 1.72. The second-order valence-electron chi connectivity index (χ2n) is 6.44. The van der Waals surface area contributed by atoms with E-state index in [0.29, 0.717) is 11.3 Å². The van der Waals surface area contributed by atoms with E-state index < -0.39 is 11.5 Å². The highest BCUT2D eigenvalue weighted by Gasteiger charge is 2.30. The average Bonchev–Trinajstić information content (AvgIpc) is 3.24. The molecule has 0 aliphatic rings. The van der Waals surface area contributed by atoms with Crippen molar-refractivity contribution in [2.45, 2.75) is 26.3 Å². The molecule has 8 heteroatoms. The summed E-state index contributed by atoms with van der Waals surface area (Å²) in [5, 5.41) is 20.3. The van der Waals surface area contributed by atoms with Gasteiger partial charge in [0.25, 0.3) is 5.91 Å². The van der Waals surface area contributed by atoms with E-state index in [1.165, 1.54) is 30.9 Å². The zero-order valence-corrected chi connectivity index (χ0v) is 14.7. The number of carbonyl (C=O) groups excluding carboxylic acids is 1. The third-order valence-electron chi connectivity index (χ3n) is 4.05. The molecule has 2 N–H and O–H groups in total. The summed E-state index contributed by atoms with van der Waals surface area (Å²) in [7, 11) is 0. The van der Waals surface area contributed by atoms with E-state index >= 15 is 0 Å². The second-order valence-corrected chi connectivity index (χ2v) is 6.44. The number of hydrogen-bond acceptors (Lipinski definition) is 4. The molecule has 0 bridgehead atoms. The molecule has 26 heavy (non-hydrogen) atoms. The number of carbonyl (C=O) groups is 2. The van der Waals surface area contributed by atoms with Gasteiger partial charge in [0.05, 0.1) is 23.3 Å². The average molecular weight is 353 g/mol. The molecule has 0 aliphatic heterocycles. The van der Waals surface area contributed by atoms with Crippen LogP contribution in [0.15, 0.2) is 48.9 Å². The molecule has 0 saturated heterocycles. The number of hydrogen-bond donors (Lipinski definition) is 2. The molecule has 0 radical (unpaired) electrons. The lowest BCUT2D eigenvalue weighted by Crippen LogP contribution is -2.35. The SMILES string of the molecule is Cc1ccn(-c2ccc(C(=O)Nc3cnn(C(C)(C)C(=O)O)c3)cc2)n1. The predicted octanol–water partition coefficient (Wildman–Crippen LogP) is 2.45. The van der Waals surface area contributed by atoms with Gasteiger partial charge in [0.15, 0.2) is 5.54 Å². The summed E-state index contributed by atoms with van der Waals surface area (Å²) in [4.78, 5) is 23.6. The van der Waals surface area contributed by atoms with E-state index in [4.69, 9.17) is 0 Å². The fourth-order valence-electron chi connectivity index (χ4n) is 2.32. The van der Waals surface area contributed by atoms with E-state index in [1.54, 1.807) is 28.9 Å². The standard InChI is InChI=1S/C18H19N5O3/c1-12-8-9-22(21-12)15-6-4-13(5-7-15)16(24)20-14-10-19-23(11-14)18(2,3)17(25)26/h4-11H,1-3H3,(H,20,24)(H,25,26). The van der Waals surface area contributed by atoms with Crippen molar-refractivity contribution < 1.29 is 14.7 Å². The fraction of sp³-hybridized carbons (Fsp3) is 0.222. The van der Waals surface area contributed by atoms with Crippen molar-refractivity contribution in [3.63, 3.8) is 0 Å². The largest absolute Gasteiger partial charge is 0.479 e. The number of carboxylic acids is 1. The van der Waals surface area contributed by atoms with Crippen LogP contribution in [0, 0.1) is 6.92 Å². The van der Waals surface area contributed by atoms with Crippen LogP contribution in [0.3, 0.4) is 0 Å². The van der Waals surface area contributed by atoms with Crippen molar-refractivity contribution in [2.75, 3.05) is 5.32 Å². The Morgan fingerprint density at radius 1 is 1.15 bits per heavy atom. The lowest BCUT2D eigenvalue weighted by atomic mass is 10.1. The number of nitrogens with zero attached hydrogens (tertiary/aromatic N) is 4. The number of anilines is 1. The number of aryl methyl sites for hydroxylation is 1. The molecule has 0 saturated carbocycles. The van der Waals surface area contributed by atoms with Gasteiger partial charge in [-0.25, -0.2) is 9.48 Å². The van der Waals surface area contributed by atoms with Gasteiger partial charge in [-0.3, -0.25) is 9.48 Å². The van der Waals surface area contributed by atoms with Crippen LogP contribution in [0.1, 0.15) is 29.9 Å². The fourth-order valence-corrected chi connectivity index (χ4v) is 2.32. The van der Waals surface area contributed by atoms with Gasteiger partial charge in [0, 0.05) is 18.0 Å². The molecule has 0 aliphatic carbocycles. The van der Waals surface area contributed by atoms with Crippen molar-refractivity contribution >= 4 is 17.6 Å². The van der Waals surface area contributed by atoms with Crippen LogP contribution in [0.4, 0.5) is 5.69 Å². The molecule has 3 aromatic rings. The Morgan fingerprint density at radius 3 is 2.42 bits per heavy atom. The number of rotatable bonds is 5. The number of carboxylic acid groups (broad SMARTS) is 1. The van der Waals surface area contributed by atoms with Crippen LogP contribution in [-0.4, -0.2) is 36.5 Å². The molecule has 1 aromatic carbocycles. The smallest absolute Gasteiger partial charge is 0.331 e. The van der Waals surface area contributed by atoms with Crippen LogP contribution in [-0.2, 0) is 10.3 Å². The summed E-state index contributed by atoms with van der Waals surface area (Å²) >= 11 is 0. The first kappa shape index (κ1) is 17.4. The minimum absolute atomic E-state index is 0.305. The monoisotopic (exact) mass is 353 g/mol. The Kier molecular flexibility index (Phi) is 4.33. The molecule has 1 amide bonds. The summed E-state index contributed by atoms with van der Waals surface area (Å²) in [5.74, 6) is -1.32. The maximum atomic E-state index is 12.4. The molecule has 3 rings (SSSR count). The molecule has 0 unspecified atom stereocenters. The Morgan fingerprint density at radius 2 is 1.85 bits per heavy atom. The third-order valence-corrected chi connectivity index (χ3v) is 4.05. The van der Waals surface area contributed by atoms with Gasteiger partial charge in [-0.05, 0) is 51.1 Å². The summed E-state index contributed by atoms with van der Waals surface area (Å²) in [5.41, 5.74) is 1.46. The zero-order valence-electron chi connectivity index (χ0n) is 14.7. The van der Waals surface area contributed by atoms with E-state index in [9.17, 15) is 14.7 Å². The zero-order chi connectivity index (χ0) is 18.9. The van der Waals surface area contributed by atoms with Gasteiger partial charge in [0.2, 0.25) is 0 Å². The van der Waals surface area contributed by atoms with Crippen LogP contribution < -0.4 is 5.32 Å². The first-order valence-corrected chi connectivity index (χ1v) is 8.00. The summed E-state index contributed by atoms with van der Waals surface area (Å²) < 4.78 is 3.03. The van der Waals surface area contributed by atoms with Crippen molar-refractivity contribution in [2.24, 2.45) is 0 Å². The van der Waals surface area contributed by atoms with Crippen molar-refractivity contribution in [1.82, 2.24) is 19.6 Å². The van der Waals surface area contributed by atoms with Crippen LogP contribution >= 0.6 is 0 Å². The van der Waals surface area contributed by atoms with E-state index in [-0.39, 0.29) is 5.91 Å². The molecule has 0 atom stereocenters. The van der Waals surface area contributed by atoms with E-state index in [1.807, 2.05) is 19.2 Å². The van der Waals surface area contributed by atoms with Gasteiger partial charge < -0.3 is 10.4 Å². The highest BCUT2D eigenvalue weighted by Crippen LogP contribution is 2.18. The number of aromatic nitrogens is 4. The van der Waals surface area contributed by atoms with Gasteiger partial charge in [-0.2, -0.15) is 10.2 Å². The Bertz CT molecular complexity index is 953. The topological polar surface area (TPSA) is 102 Å². The van der Waals surface area contributed by atoms with Crippen LogP contribution in [0.25, 0.3) is 5.69 Å². The first-order chi connectivity index (χ1) is 12.3. The molecule has 0 spiro atoms. The number of benzene rings is 1. The molecular weight excluding hydrogens is 334 g/mol. The number of aliphatic carboxylic acids is 1. The van der Waals surface area contributed by atoms with Crippen LogP contribution in [0.2, 0.25) is 0 Å². The van der Waals surface area contributed by atoms with Gasteiger partial charge in [-0.1, -0.05) is 0 Å². The first-order valence-electron chi connectivity index (χ1n) is 8.00. The molecular formula is C18H19N5O3. The number of nitrogens with one attached hydrogen (secondary N) is 1. The molecule has 134 valence electrons. The maximum absolute atomic E-state index is 12.4. The Hall–Kier alpha value is -3.42. The minimum Gasteiger partial charge on any atom is -0.479 e. The van der Waals surface area contributed by atoms with Crippen LogP contribution in [0.5, 0.6) is 0 Å². The third kappa shape index (κ3) is 3.34. The maximum Gasteiger partial charge on any atom is 0.331 e. The molecule has 2 heterocycles. The summed E-state index contributed by atoms with van der Waals surface area (Å²) in [6.45, 7) is 4.97.